The summed E-state index contributed by atoms with van der Waals surface area (Å²) in [5.41, 5.74) is 1.02. The van der Waals surface area contributed by atoms with E-state index in [1.165, 1.54) is 12.5 Å². The molecule has 1 aromatic carbocycles. The van der Waals surface area contributed by atoms with Gasteiger partial charge in [-0.3, -0.25) is 14.6 Å². The highest BCUT2D eigenvalue weighted by atomic mass is 19.1. The lowest BCUT2D eigenvalue weighted by Gasteiger charge is -2.38. The average molecular weight is 333 g/mol. The Bertz CT molecular complexity index is 557. The molecule has 1 atom stereocenters. The third-order valence-electron chi connectivity index (χ3n) is 5.24. The van der Waals surface area contributed by atoms with Gasteiger partial charge in [0.1, 0.15) is 5.82 Å². The number of hydrogen-bond acceptors (Lipinski definition) is 3. The minimum Gasteiger partial charge on any atom is -0.339 e. The number of rotatable bonds is 4. The van der Waals surface area contributed by atoms with Crippen LogP contribution < -0.4 is 0 Å². The molecule has 3 rings (SSSR count). The van der Waals surface area contributed by atoms with Crippen molar-refractivity contribution in [2.45, 2.75) is 38.8 Å². The van der Waals surface area contributed by atoms with Crippen LogP contribution in [0.2, 0.25) is 0 Å². The molecule has 2 heterocycles. The summed E-state index contributed by atoms with van der Waals surface area (Å²) in [6, 6.07) is 7.21. The second-order valence-electron chi connectivity index (χ2n) is 7.11. The lowest BCUT2D eigenvalue weighted by atomic mass is 10.0. The molecule has 4 nitrogen and oxygen atoms in total. The molecule has 0 bridgehead atoms. The van der Waals surface area contributed by atoms with Crippen LogP contribution in [0.15, 0.2) is 24.3 Å². The summed E-state index contributed by atoms with van der Waals surface area (Å²) >= 11 is 0. The average Bonchev–Trinajstić information content (AvgIpc) is 2.57. The van der Waals surface area contributed by atoms with E-state index in [9.17, 15) is 9.18 Å². The van der Waals surface area contributed by atoms with Crippen molar-refractivity contribution in [3.05, 3.63) is 35.6 Å². The maximum atomic E-state index is 13.3. The van der Waals surface area contributed by atoms with Crippen molar-refractivity contribution in [1.82, 2.24) is 14.7 Å². The van der Waals surface area contributed by atoms with Gasteiger partial charge in [-0.05, 0) is 43.9 Å². The zero-order chi connectivity index (χ0) is 16.9. The van der Waals surface area contributed by atoms with Gasteiger partial charge in [0.05, 0.1) is 6.54 Å². The van der Waals surface area contributed by atoms with Crippen LogP contribution in [-0.4, -0.2) is 65.9 Å². The lowest BCUT2D eigenvalue weighted by molar-refractivity contribution is -0.136. The van der Waals surface area contributed by atoms with Gasteiger partial charge in [0.25, 0.3) is 0 Å². The van der Waals surface area contributed by atoms with E-state index in [1.54, 1.807) is 12.1 Å². The number of benzene rings is 1. The Hall–Kier alpha value is -1.46. The van der Waals surface area contributed by atoms with Gasteiger partial charge in [-0.25, -0.2) is 4.39 Å². The summed E-state index contributed by atoms with van der Waals surface area (Å²) in [6.45, 7) is 8.07. The molecule has 2 saturated heterocycles. The van der Waals surface area contributed by atoms with E-state index in [0.29, 0.717) is 12.6 Å². The molecule has 0 aliphatic carbocycles. The zero-order valence-electron chi connectivity index (χ0n) is 14.6. The van der Waals surface area contributed by atoms with Crippen LogP contribution >= 0.6 is 0 Å². The molecular weight excluding hydrogens is 305 g/mol. The van der Waals surface area contributed by atoms with Crippen LogP contribution in [0.4, 0.5) is 4.39 Å². The molecule has 1 aromatic rings. The van der Waals surface area contributed by atoms with Gasteiger partial charge < -0.3 is 4.90 Å². The largest absolute Gasteiger partial charge is 0.339 e. The molecule has 2 fully saturated rings. The number of nitrogens with zero attached hydrogens (tertiary/aromatic N) is 3. The first-order valence-corrected chi connectivity index (χ1v) is 9.10. The van der Waals surface area contributed by atoms with Crippen molar-refractivity contribution in [3.63, 3.8) is 0 Å². The molecule has 0 radical (unpaired) electrons. The van der Waals surface area contributed by atoms with E-state index in [-0.39, 0.29) is 11.7 Å². The molecule has 0 aromatic heterocycles. The van der Waals surface area contributed by atoms with Gasteiger partial charge in [0, 0.05) is 45.3 Å². The Morgan fingerprint density at radius 2 is 1.88 bits per heavy atom. The third-order valence-corrected chi connectivity index (χ3v) is 5.24. The molecule has 2 aliphatic rings. The maximum absolute atomic E-state index is 13.3. The van der Waals surface area contributed by atoms with Crippen LogP contribution in [0.5, 0.6) is 0 Å². The van der Waals surface area contributed by atoms with Crippen molar-refractivity contribution in [2.75, 3.05) is 39.3 Å². The van der Waals surface area contributed by atoms with Gasteiger partial charge in [0.2, 0.25) is 5.91 Å². The molecule has 1 amide bonds. The second kappa shape index (κ2) is 8.08. The number of halogens is 1. The molecular formula is C19H28FN3O. The van der Waals surface area contributed by atoms with Crippen molar-refractivity contribution < 1.29 is 9.18 Å². The van der Waals surface area contributed by atoms with Crippen molar-refractivity contribution in [3.8, 4) is 0 Å². The standard InChI is InChI=1S/C19H28FN3O/c1-16-5-2-3-8-23(16)19(24)15-22-11-9-21(10-12-22)14-17-6-4-7-18(20)13-17/h4,6-7,13,16H,2-3,5,8-12,14-15H2,1H3. The van der Waals surface area contributed by atoms with Crippen LogP contribution in [0.1, 0.15) is 31.7 Å². The summed E-state index contributed by atoms with van der Waals surface area (Å²) in [7, 11) is 0. The third kappa shape index (κ3) is 4.54. The predicted octanol–water partition coefficient (Wildman–Crippen LogP) is 2.34. The fraction of sp³-hybridized carbons (Fsp3) is 0.632. The van der Waals surface area contributed by atoms with Crippen LogP contribution in [0, 0.1) is 5.82 Å². The van der Waals surface area contributed by atoms with Crippen LogP contribution in [0.3, 0.4) is 0 Å². The highest BCUT2D eigenvalue weighted by Crippen LogP contribution is 2.17. The van der Waals surface area contributed by atoms with Gasteiger partial charge in [-0.1, -0.05) is 12.1 Å². The highest BCUT2D eigenvalue weighted by Gasteiger charge is 2.26. The number of amides is 1. The minimum atomic E-state index is -0.174. The topological polar surface area (TPSA) is 26.8 Å². The Morgan fingerprint density at radius 3 is 2.58 bits per heavy atom. The summed E-state index contributed by atoms with van der Waals surface area (Å²) in [4.78, 5) is 19.2. The molecule has 24 heavy (non-hydrogen) atoms. The number of piperidine rings is 1. The highest BCUT2D eigenvalue weighted by molar-refractivity contribution is 5.78. The smallest absolute Gasteiger partial charge is 0.236 e. The number of carbonyl (C=O) groups is 1. The molecule has 2 aliphatic heterocycles. The quantitative estimate of drug-likeness (QED) is 0.846. The van der Waals surface area contributed by atoms with E-state index in [4.69, 9.17) is 0 Å². The van der Waals surface area contributed by atoms with Gasteiger partial charge in [-0.15, -0.1) is 0 Å². The van der Waals surface area contributed by atoms with Crippen molar-refractivity contribution >= 4 is 5.91 Å². The van der Waals surface area contributed by atoms with Crippen LogP contribution in [0.25, 0.3) is 0 Å². The Labute approximate surface area is 144 Å². The number of piperazine rings is 1. The number of likely N-dealkylation sites (tertiary alicyclic amines) is 1. The van der Waals surface area contributed by atoms with Crippen molar-refractivity contribution in [1.29, 1.82) is 0 Å². The number of hydrogen-bond donors (Lipinski definition) is 0. The Balaban J connectivity index is 1.44. The molecule has 5 heteroatoms. The van der Waals surface area contributed by atoms with Crippen LogP contribution in [-0.2, 0) is 11.3 Å². The van der Waals surface area contributed by atoms with Gasteiger partial charge >= 0.3 is 0 Å². The first-order valence-electron chi connectivity index (χ1n) is 9.10. The van der Waals surface area contributed by atoms with Crippen molar-refractivity contribution in [2.24, 2.45) is 0 Å². The molecule has 0 spiro atoms. The first kappa shape index (κ1) is 17.4. The SMILES string of the molecule is CC1CCCCN1C(=O)CN1CCN(Cc2cccc(F)c2)CC1. The van der Waals surface area contributed by atoms with E-state index < -0.39 is 0 Å². The molecule has 0 saturated carbocycles. The molecule has 0 N–H and O–H groups in total. The van der Waals surface area contributed by atoms with Gasteiger partial charge in [0.15, 0.2) is 0 Å². The molecule has 132 valence electrons. The zero-order valence-corrected chi connectivity index (χ0v) is 14.6. The maximum Gasteiger partial charge on any atom is 0.236 e. The Kier molecular flexibility index (Phi) is 5.85. The van der Waals surface area contributed by atoms with E-state index in [1.807, 2.05) is 6.07 Å². The fourth-order valence-corrected chi connectivity index (χ4v) is 3.75. The monoisotopic (exact) mass is 333 g/mol. The summed E-state index contributed by atoms with van der Waals surface area (Å²) in [5.74, 6) is 0.105. The Morgan fingerprint density at radius 1 is 1.12 bits per heavy atom. The lowest BCUT2D eigenvalue weighted by Crippen LogP contribution is -2.51. The summed E-state index contributed by atoms with van der Waals surface area (Å²) < 4.78 is 13.3. The van der Waals surface area contributed by atoms with E-state index in [2.05, 4.69) is 21.6 Å². The van der Waals surface area contributed by atoms with Gasteiger partial charge in [-0.2, -0.15) is 0 Å². The fourth-order valence-electron chi connectivity index (χ4n) is 3.75. The van der Waals surface area contributed by atoms with E-state index >= 15 is 0 Å². The summed E-state index contributed by atoms with van der Waals surface area (Å²) in [5, 5.41) is 0. The predicted molar refractivity (Wildman–Crippen MR) is 93.1 cm³/mol. The second-order valence-corrected chi connectivity index (χ2v) is 7.11. The normalized spacial score (nSPS) is 23.4. The summed E-state index contributed by atoms with van der Waals surface area (Å²) in [6.07, 6.45) is 3.51. The molecule has 1 unspecified atom stereocenters. The van der Waals surface area contributed by atoms with E-state index in [0.717, 1.165) is 57.7 Å². The number of carbonyl (C=O) groups excluding carboxylic acids is 1. The minimum absolute atomic E-state index is 0.174. The first-order chi connectivity index (χ1) is 11.6.